The zero-order chi connectivity index (χ0) is 20.1. The highest BCUT2D eigenvalue weighted by Gasteiger charge is 2.20. The van der Waals surface area contributed by atoms with Crippen molar-refractivity contribution in [2.45, 2.75) is 25.5 Å². The van der Waals surface area contributed by atoms with Crippen LogP contribution in [0.25, 0.3) is 0 Å². The van der Waals surface area contributed by atoms with Crippen molar-refractivity contribution in [3.05, 3.63) is 52.8 Å². The Hall–Kier alpha value is -2.87. The van der Waals surface area contributed by atoms with Crippen LogP contribution in [0.5, 0.6) is 0 Å². The number of ether oxygens (including phenoxy) is 1. The highest BCUT2D eigenvalue weighted by Crippen LogP contribution is 2.18. The van der Waals surface area contributed by atoms with Gasteiger partial charge in [-0.1, -0.05) is 18.2 Å². The number of nitrogens with zero attached hydrogens (tertiary/aromatic N) is 4. The number of carbonyl (C=O) groups is 1. The molecule has 1 aromatic carbocycles. The van der Waals surface area contributed by atoms with Crippen LogP contribution < -0.4 is 20.7 Å². The molecule has 154 valence electrons. The van der Waals surface area contributed by atoms with Crippen LogP contribution in [0.2, 0.25) is 0 Å². The van der Waals surface area contributed by atoms with Gasteiger partial charge < -0.3 is 19.9 Å². The lowest BCUT2D eigenvalue weighted by Crippen LogP contribution is -2.47. The second-order valence-corrected chi connectivity index (χ2v) is 7.44. The van der Waals surface area contributed by atoms with E-state index in [1.165, 1.54) is 16.4 Å². The van der Waals surface area contributed by atoms with E-state index in [0.29, 0.717) is 6.54 Å². The van der Waals surface area contributed by atoms with E-state index >= 15 is 0 Å². The summed E-state index contributed by atoms with van der Waals surface area (Å²) in [5.41, 5.74) is 0.942. The van der Waals surface area contributed by atoms with E-state index in [1.807, 2.05) is 18.2 Å². The monoisotopic (exact) mass is 397 g/mol. The number of benzene rings is 1. The van der Waals surface area contributed by atoms with Crippen molar-refractivity contribution < 1.29 is 9.53 Å². The molecule has 2 aromatic rings. The number of hydrogen-bond donors (Lipinski definition) is 1. The molecule has 1 amide bonds. The number of anilines is 2. The molecule has 1 N–H and O–H groups in total. The molecule has 2 aliphatic heterocycles. The minimum Gasteiger partial charge on any atom is -0.376 e. The molecular formula is C21H27N5O3. The maximum atomic E-state index is 12.2. The van der Waals surface area contributed by atoms with E-state index in [0.717, 1.165) is 51.4 Å². The summed E-state index contributed by atoms with van der Waals surface area (Å²) in [6, 6.07) is 13.6. The van der Waals surface area contributed by atoms with Gasteiger partial charge in [0, 0.05) is 51.1 Å². The predicted molar refractivity (Wildman–Crippen MR) is 111 cm³/mol. The first-order valence-corrected chi connectivity index (χ1v) is 10.2. The fraction of sp³-hybridized carbons (Fsp3) is 0.476. The number of para-hydroxylation sites is 1. The topological polar surface area (TPSA) is 79.7 Å². The van der Waals surface area contributed by atoms with Gasteiger partial charge in [-0.3, -0.25) is 9.59 Å². The first-order chi connectivity index (χ1) is 14.2. The van der Waals surface area contributed by atoms with Crippen LogP contribution >= 0.6 is 0 Å². The Morgan fingerprint density at radius 1 is 1.07 bits per heavy atom. The second-order valence-electron chi connectivity index (χ2n) is 7.44. The standard InChI is InChI=1S/C21H27N5O3/c27-20(22-15-18-7-4-14-29-18)16-26-21(28)9-8-19(23-26)25-12-10-24(11-13-25)17-5-2-1-3-6-17/h1-3,5-6,8-9,18H,4,7,10-16H2,(H,22,27)/t18-/m1/s1. The van der Waals surface area contributed by atoms with Crippen LogP contribution in [0, 0.1) is 0 Å². The lowest BCUT2D eigenvalue weighted by molar-refractivity contribution is -0.122. The van der Waals surface area contributed by atoms with E-state index in [2.05, 4.69) is 32.3 Å². The van der Waals surface area contributed by atoms with Crippen LogP contribution in [0.1, 0.15) is 12.8 Å². The highest BCUT2D eigenvalue weighted by molar-refractivity contribution is 5.75. The average molecular weight is 397 g/mol. The van der Waals surface area contributed by atoms with Crippen LogP contribution in [0.3, 0.4) is 0 Å². The Morgan fingerprint density at radius 2 is 1.83 bits per heavy atom. The molecule has 2 fully saturated rings. The van der Waals surface area contributed by atoms with Gasteiger partial charge in [0.25, 0.3) is 5.56 Å². The molecule has 4 rings (SSSR count). The van der Waals surface area contributed by atoms with Crippen LogP contribution in [0.15, 0.2) is 47.3 Å². The Bertz CT molecular complexity index is 871. The van der Waals surface area contributed by atoms with Gasteiger partial charge in [-0.05, 0) is 31.0 Å². The molecule has 0 saturated carbocycles. The lowest BCUT2D eigenvalue weighted by atomic mass is 10.2. The van der Waals surface area contributed by atoms with Gasteiger partial charge in [0.2, 0.25) is 5.91 Å². The maximum absolute atomic E-state index is 12.2. The fourth-order valence-corrected chi connectivity index (χ4v) is 3.78. The summed E-state index contributed by atoms with van der Waals surface area (Å²) < 4.78 is 6.75. The SMILES string of the molecule is O=C(Cn1nc(N2CCN(c3ccccc3)CC2)ccc1=O)NC[C@H]1CCCO1. The minimum absolute atomic E-state index is 0.0795. The van der Waals surface area contributed by atoms with Crippen molar-refractivity contribution >= 4 is 17.4 Å². The molecule has 2 saturated heterocycles. The number of rotatable bonds is 6. The largest absolute Gasteiger partial charge is 0.376 e. The summed E-state index contributed by atoms with van der Waals surface area (Å²) in [5.74, 6) is 0.505. The molecule has 29 heavy (non-hydrogen) atoms. The molecule has 0 aliphatic carbocycles. The molecule has 1 aromatic heterocycles. The van der Waals surface area contributed by atoms with Crippen molar-refractivity contribution in [1.29, 1.82) is 0 Å². The molecule has 8 nitrogen and oxygen atoms in total. The van der Waals surface area contributed by atoms with Crippen molar-refractivity contribution in [2.24, 2.45) is 0 Å². The Balaban J connectivity index is 1.34. The summed E-state index contributed by atoms with van der Waals surface area (Å²) in [7, 11) is 0. The van der Waals surface area contributed by atoms with Crippen LogP contribution in [0.4, 0.5) is 11.5 Å². The lowest BCUT2D eigenvalue weighted by Gasteiger charge is -2.36. The number of piperazine rings is 1. The average Bonchev–Trinajstić information content (AvgIpc) is 3.28. The summed E-state index contributed by atoms with van der Waals surface area (Å²) in [5, 5.41) is 7.27. The molecule has 8 heteroatoms. The molecule has 1 atom stereocenters. The van der Waals surface area contributed by atoms with Crippen molar-refractivity contribution in [3.63, 3.8) is 0 Å². The smallest absolute Gasteiger partial charge is 0.267 e. The van der Waals surface area contributed by atoms with Gasteiger partial charge in [-0.15, -0.1) is 0 Å². The first-order valence-electron chi connectivity index (χ1n) is 10.2. The first kappa shape index (κ1) is 19.4. The number of aromatic nitrogens is 2. The zero-order valence-corrected chi connectivity index (χ0v) is 16.5. The van der Waals surface area contributed by atoms with E-state index in [9.17, 15) is 9.59 Å². The maximum Gasteiger partial charge on any atom is 0.267 e. The number of hydrogen-bond acceptors (Lipinski definition) is 6. The third kappa shape index (κ3) is 4.95. The van der Waals surface area contributed by atoms with Gasteiger partial charge in [0.15, 0.2) is 0 Å². The molecule has 2 aliphatic rings. The van der Waals surface area contributed by atoms with Crippen molar-refractivity contribution in [1.82, 2.24) is 15.1 Å². The third-order valence-corrected chi connectivity index (χ3v) is 5.42. The molecule has 0 radical (unpaired) electrons. The minimum atomic E-state index is -0.274. The second kappa shape index (κ2) is 9.09. The fourth-order valence-electron chi connectivity index (χ4n) is 3.78. The molecule has 3 heterocycles. The summed E-state index contributed by atoms with van der Waals surface area (Å²) in [6.07, 6.45) is 2.07. The third-order valence-electron chi connectivity index (χ3n) is 5.42. The van der Waals surface area contributed by atoms with Gasteiger partial charge >= 0.3 is 0 Å². The predicted octanol–water partition coefficient (Wildman–Crippen LogP) is 0.865. The Labute approximate surface area is 170 Å². The van der Waals surface area contributed by atoms with Gasteiger partial charge in [0.1, 0.15) is 12.4 Å². The molecule has 0 spiro atoms. The zero-order valence-electron chi connectivity index (χ0n) is 16.5. The van der Waals surface area contributed by atoms with Crippen molar-refractivity contribution in [3.8, 4) is 0 Å². The normalized spacial score (nSPS) is 19.4. The highest BCUT2D eigenvalue weighted by atomic mass is 16.5. The van der Waals surface area contributed by atoms with Crippen molar-refractivity contribution in [2.75, 3.05) is 49.1 Å². The number of carbonyl (C=O) groups excluding carboxylic acids is 1. The Morgan fingerprint density at radius 3 is 2.55 bits per heavy atom. The van der Waals surface area contributed by atoms with E-state index in [-0.39, 0.29) is 24.1 Å². The number of amides is 1. The van der Waals surface area contributed by atoms with Crippen LogP contribution in [-0.2, 0) is 16.1 Å². The van der Waals surface area contributed by atoms with Gasteiger partial charge in [-0.25, -0.2) is 4.68 Å². The van der Waals surface area contributed by atoms with E-state index in [1.54, 1.807) is 6.07 Å². The van der Waals surface area contributed by atoms with E-state index in [4.69, 9.17) is 4.74 Å². The summed E-state index contributed by atoms with van der Waals surface area (Å²) >= 11 is 0. The summed E-state index contributed by atoms with van der Waals surface area (Å²) in [4.78, 5) is 28.9. The molecule has 0 bridgehead atoms. The molecular weight excluding hydrogens is 370 g/mol. The van der Waals surface area contributed by atoms with Gasteiger partial charge in [0.05, 0.1) is 6.10 Å². The van der Waals surface area contributed by atoms with E-state index < -0.39 is 0 Å². The van der Waals surface area contributed by atoms with Gasteiger partial charge in [-0.2, -0.15) is 5.10 Å². The molecule has 0 unspecified atom stereocenters. The van der Waals surface area contributed by atoms with Crippen LogP contribution in [-0.4, -0.2) is 61.1 Å². The Kier molecular flexibility index (Phi) is 6.09. The summed E-state index contributed by atoms with van der Waals surface area (Å²) in [6.45, 7) is 4.54. The quantitative estimate of drug-likeness (QED) is 0.779. The number of nitrogens with one attached hydrogen (secondary N) is 1.